The number of hydrogen-bond acceptors (Lipinski definition) is 5. The van der Waals surface area contributed by atoms with Crippen LogP contribution >= 0.6 is 11.3 Å². The first-order chi connectivity index (χ1) is 9.04. The lowest BCUT2D eigenvalue weighted by Gasteiger charge is -2.16. The minimum atomic E-state index is -0.326. The van der Waals surface area contributed by atoms with Crippen LogP contribution in [0.4, 0.5) is 5.13 Å². The number of carbonyl (C=O) groups excluding carboxylic acids is 1. The molecule has 0 saturated heterocycles. The maximum Gasteiger partial charge on any atom is 0.240 e. The van der Waals surface area contributed by atoms with Crippen LogP contribution < -0.4 is 5.32 Å². The molecule has 1 unspecified atom stereocenters. The molecule has 0 fully saturated rings. The summed E-state index contributed by atoms with van der Waals surface area (Å²) >= 11 is 1.59. The Morgan fingerprint density at radius 1 is 1.58 bits per heavy atom. The highest BCUT2D eigenvalue weighted by Gasteiger charge is 2.18. The minimum Gasteiger partial charge on any atom is -0.393 e. The summed E-state index contributed by atoms with van der Waals surface area (Å²) < 4.78 is 0. The van der Waals surface area contributed by atoms with E-state index in [4.69, 9.17) is 0 Å². The smallest absolute Gasteiger partial charge is 0.240 e. The molecule has 0 spiro atoms. The van der Waals surface area contributed by atoms with Gasteiger partial charge < -0.3 is 10.4 Å². The third-order valence-corrected chi connectivity index (χ3v) is 4.26. The minimum absolute atomic E-state index is 0.0412. The van der Waals surface area contributed by atoms with E-state index in [1.54, 1.807) is 18.3 Å². The number of carbonyl (C=O) groups is 1. The topological polar surface area (TPSA) is 65.5 Å². The second-order valence-corrected chi connectivity index (χ2v) is 6.25. The SMILES string of the molecule is CC(O)CCN(C)CC(=O)Nc1nc2c(s1)CCC2. The molecule has 1 amide bonds. The van der Waals surface area contributed by atoms with Gasteiger partial charge in [-0.2, -0.15) is 0 Å². The van der Waals surface area contributed by atoms with Crippen molar-refractivity contribution >= 4 is 22.4 Å². The van der Waals surface area contributed by atoms with E-state index < -0.39 is 0 Å². The Balaban J connectivity index is 1.77. The molecule has 0 aromatic carbocycles. The third-order valence-electron chi connectivity index (χ3n) is 3.18. The van der Waals surface area contributed by atoms with Gasteiger partial charge in [-0.15, -0.1) is 11.3 Å². The first-order valence-corrected chi connectivity index (χ1v) is 7.51. The molecule has 5 nitrogen and oxygen atoms in total. The summed E-state index contributed by atoms with van der Waals surface area (Å²) in [6, 6.07) is 0. The molecule has 0 radical (unpaired) electrons. The van der Waals surface area contributed by atoms with Crippen LogP contribution in [0.2, 0.25) is 0 Å². The van der Waals surface area contributed by atoms with Crippen molar-refractivity contribution in [2.75, 3.05) is 25.5 Å². The van der Waals surface area contributed by atoms with Crippen LogP contribution in [0.15, 0.2) is 0 Å². The molecule has 0 aliphatic heterocycles. The second-order valence-electron chi connectivity index (χ2n) is 5.17. The van der Waals surface area contributed by atoms with Crippen LogP contribution in [-0.4, -0.2) is 47.1 Å². The average molecular weight is 283 g/mol. The summed E-state index contributed by atoms with van der Waals surface area (Å²) in [5.41, 5.74) is 1.16. The van der Waals surface area contributed by atoms with Gasteiger partial charge in [0.1, 0.15) is 0 Å². The molecular weight excluding hydrogens is 262 g/mol. The van der Waals surface area contributed by atoms with Gasteiger partial charge in [-0.05, 0) is 39.7 Å². The Morgan fingerprint density at radius 2 is 2.37 bits per heavy atom. The molecule has 0 bridgehead atoms. The maximum absolute atomic E-state index is 11.8. The van der Waals surface area contributed by atoms with Crippen molar-refractivity contribution in [3.05, 3.63) is 10.6 Å². The number of aryl methyl sites for hydroxylation is 2. The maximum atomic E-state index is 11.8. The Kier molecular flexibility index (Phi) is 4.90. The normalized spacial score (nSPS) is 15.6. The molecule has 1 atom stereocenters. The molecule has 19 heavy (non-hydrogen) atoms. The van der Waals surface area contributed by atoms with Gasteiger partial charge in [0.15, 0.2) is 5.13 Å². The Morgan fingerprint density at radius 3 is 3.05 bits per heavy atom. The van der Waals surface area contributed by atoms with E-state index in [-0.39, 0.29) is 12.0 Å². The Labute approximate surface area is 117 Å². The lowest BCUT2D eigenvalue weighted by Crippen LogP contribution is -2.32. The molecule has 1 aliphatic carbocycles. The van der Waals surface area contributed by atoms with Gasteiger partial charge in [0.25, 0.3) is 0 Å². The van der Waals surface area contributed by atoms with Crippen molar-refractivity contribution in [2.24, 2.45) is 0 Å². The Bertz CT molecular complexity index is 424. The first-order valence-electron chi connectivity index (χ1n) is 6.69. The highest BCUT2D eigenvalue weighted by Crippen LogP contribution is 2.30. The number of aliphatic hydroxyl groups excluding tert-OH is 1. The highest BCUT2D eigenvalue weighted by atomic mass is 32.1. The van der Waals surface area contributed by atoms with Gasteiger partial charge in [-0.3, -0.25) is 9.69 Å². The summed E-state index contributed by atoms with van der Waals surface area (Å²) in [5.74, 6) is -0.0412. The fourth-order valence-corrected chi connectivity index (χ4v) is 3.20. The summed E-state index contributed by atoms with van der Waals surface area (Å²) in [7, 11) is 1.88. The number of aliphatic hydroxyl groups is 1. The number of hydrogen-bond donors (Lipinski definition) is 2. The van der Waals surface area contributed by atoms with Crippen molar-refractivity contribution < 1.29 is 9.90 Å². The van der Waals surface area contributed by atoms with Crippen LogP contribution in [0, 0.1) is 0 Å². The number of amides is 1. The first kappa shape index (κ1) is 14.4. The van der Waals surface area contributed by atoms with Gasteiger partial charge >= 0.3 is 0 Å². The summed E-state index contributed by atoms with van der Waals surface area (Å²) in [6.07, 6.45) is 3.67. The standard InChI is InChI=1S/C13H21N3O2S/c1-9(17)6-7-16(2)8-12(18)15-13-14-10-4-3-5-11(10)19-13/h9,17H,3-8H2,1-2H3,(H,14,15,18). The second kappa shape index (κ2) is 6.45. The van der Waals surface area contributed by atoms with Crippen molar-refractivity contribution in [2.45, 2.75) is 38.7 Å². The van der Waals surface area contributed by atoms with Crippen molar-refractivity contribution in [3.63, 3.8) is 0 Å². The number of nitrogens with zero attached hydrogens (tertiary/aromatic N) is 2. The molecular formula is C13H21N3O2S. The van der Waals surface area contributed by atoms with E-state index in [9.17, 15) is 9.90 Å². The molecule has 1 aliphatic rings. The van der Waals surface area contributed by atoms with Crippen molar-refractivity contribution in [1.82, 2.24) is 9.88 Å². The zero-order valence-corrected chi connectivity index (χ0v) is 12.3. The van der Waals surface area contributed by atoms with E-state index in [2.05, 4.69) is 10.3 Å². The Hall–Kier alpha value is -0.980. The molecule has 6 heteroatoms. The molecule has 0 saturated carbocycles. The molecule has 2 rings (SSSR count). The molecule has 1 aromatic rings. The number of fused-ring (bicyclic) bond motifs is 1. The van der Waals surface area contributed by atoms with Crippen LogP contribution in [0.3, 0.4) is 0 Å². The summed E-state index contributed by atoms with van der Waals surface area (Å²) in [6.45, 7) is 2.79. The monoisotopic (exact) mass is 283 g/mol. The summed E-state index contributed by atoms with van der Waals surface area (Å²) in [4.78, 5) is 19.5. The zero-order valence-electron chi connectivity index (χ0n) is 11.5. The van der Waals surface area contributed by atoms with E-state index in [0.29, 0.717) is 19.5 Å². The van der Waals surface area contributed by atoms with E-state index in [1.807, 2.05) is 11.9 Å². The number of anilines is 1. The van der Waals surface area contributed by atoms with Crippen LogP contribution in [0.5, 0.6) is 0 Å². The number of thiazole rings is 1. The summed E-state index contributed by atoms with van der Waals surface area (Å²) in [5, 5.41) is 12.8. The van der Waals surface area contributed by atoms with E-state index in [0.717, 1.165) is 23.7 Å². The lowest BCUT2D eigenvalue weighted by atomic mass is 10.3. The van der Waals surface area contributed by atoms with Crippen LogP contribution in [0.1, 0.15) is 30.3 Å². The van der Waals surface area contributed by atoms with Gasteiger partial charge in [-0.1, -0.05) is 0 Å². The van der Waals surface area contributed by atoms with E-state index in [1.165, 1.54) is 11.3 Å². The molecule has 2 N–H and O–H groups in total. The third kappa shape index (κ3) is 4.26. The molecule has 106 valence electrons. The van der Waals surface area contributed by atoms with Gasteiger partial charge in [0.2, 0.25) is 5.91 Å². The van der Waals surface area contributed by atoms with Crippen LogP contribution in [0.25, 0.3) is 0 Å². The van der Waals surface area contributed by atoms with Crippen molar-refractivity contribution in [1.29, 1.82) is 0 Å². The predicted molar refractivity (Wildman–Crippen MR) is 76.6 cm³/mol. The van der Waals surface area contributed by atoms with Gasteiger partial charge in [0.05, 0.1) is 18.3 Å². The molecule has 1 aromatic heterocycles. The number of nitrogens with one attached hydrogen (secondary N) is 1. The largest absolute Gasteiger partial charge is 0.393 e. The number of likely N-dealkylation sites (N-methyl/N-ethyl adjacent to an activating group) is 1. The lowest BCUT2D eigenvalue weighted by molar-refractivity contribution is -0.117. The number of aromatic nitrogens is 1. The average Bonchev–Trinajstić information content (AvgIpc) is 2.86. The quantitative estimate of drug-likeness (QED) is 0.825. The van der Waals surface area contributed by atoms with E-state index >= 15 is 0 Å². The number of rotatable bonds is 6. The van der Waals surface area contributed by atoms with Gasteiger partial charge in [0, 0.05) is 11.4 Å². The van der Waals surface area contributed by atoms with Crippen LogP contribution in [-0.2, 0) is 17.6 Å². The fraction of sp³-hybridized carbons (Fsp3) is 0.692. The molecule has 1 heterocycles. The predicted octanol–water partition coefficient (Wildman–Crippen LogP) is 1.27. The highest BCUT2D eigenvalue weighted by molar-refractivity contribution is 7.15. The fourth-order valence-electron chi connectivity index (χ4n) is 2.13. The van der Waals surface area contributed by atoms with Crippen molar-refractivity contribution in [3.8, 4) is 0 Å². The van der Waals surface area contributed by atoms with Gasteiger partial charge in [-0.25, -0.2) is 4.98 Å². The zero-order chi connectivity index (χ0) is 13.8.